The molecule has 4 aliphatic rings. The standard InChI is InChI=1S/C23H26N2O5/c1-13(30-14(2)26)22-7-4-9-25-10-8-23(21(22)25)17-6-5-15(27)11-18(17)24-19(23)16(12-22)20(28)29-3/h4-7,11,13,21,24,27H,8-10,12H2,1-3H3/t13-,21+,22+,23+/m1/s1. The number of aromatic hydroxyl groups is 1. The third-order valence-electron chi connectivity index (χ3n) is 7.41. The van der Waals surface area contributed by atoms with Crippen molar-refractivity contribution >= 4 is 17.6 Å². The minimum Gasteiger partial charge on any atom is -0.508 e. The van der Waals surface area contributed by atoms with Crippen molar-refractivity contribution in [2.45, 2.75) is 44.2 Å². The third-order valence-corrected chi connectivity index (χ3v) is 7.41. The first-order valence-corrected chi connectivity index (χ1v) is 10.3. The topological polar surface area (TPSA) is 88.1 Å². The van der Waals surface area contributed by atoms with Crippen LogP contribution in [0.15, 0.2) is 41.6 Å². The van der Waals surface area contributed by atoms with E-state index < -0.39 is 16.9 Å². The lowest BCUT2D eigenvalue weighted by atomic mass is 9.54. The van der Waals surface area contributed by atoms with E-state index in [1.807, 2.05) is 13.0 Å². The second kappa shape index (κ2) is 6.35. The van der Waals surface area contributed by atoms with Crippen LogP contribution in [0.1, 0.15) is 32.3 Å². The number of ether oxygens (including phenoxy) is 2. The predicted molar refractivity (Wildman–Crippen MR) is 110 cm³/mol. The Morgan fingerprint density at radius 3 is 2.90 bits per heavy atom. The second-order valence-electron chi connectivity index (χ2n) is 8.76. The van der Waals surface area contributed by atoms with Crippen molar-refractivity contribution in [2.24, 2.45) is 5.41 Å². The molecular weight excluding hydrogens is 384 g/mol. The Kier molecular flexibility index (Phi) is 4.06. The first-order chi connectivity index (χ1) is 14.3. The highest BCUT2D eigenvalue weighted by Gasteiger charge is 2.67. The van der Waals surface area contributed by atoms with Gasteiger partial charge in [-0.3, -0.25) is 9.69 Å². The molecule has 1 aromatic rings. The number of esters is 2. The van der Waals surface area contributed by atoms with E-state index >= 15 is 0 Å². The fourth-order valence-electron chi connectivity index (χ4n) is 6.39. The molecule has 0 radical (unpaired) electrons. The summed E-state index contributed by atoms with van der Waals surface area (Å²) >= 11 is 0. The molecule has 2 N–H and O–H groups in total. The number of methoxy groups -OCH3 is 1. The predicted octanol–water partition coefficient (Wildman–Crippen LogP) is 2.47. The van der Waals surface area contributed by atoms with Crippen LogP contribution < -0.4 is 5.32 Å². The number of carbonyl (C=O) groups is 2. The van der Waals surface area contributed by atoms with Gasteiger partial charge in [-0.25, -0.2) is 4.79 Å². The maximum absolute atomic E-state index is 12.9. The summed E-state index contributed by atoms with van der Waals surface area (Å²) in [5.41, 5.74) is 2.32. The zero-order chi connectivity index (χ0) is 21.3. The zero-order valence-corrected chi connectivity index (χ0v) is 17.4. The van der Waals surface area contributed by atoms with Crippen molar-refractivity contribution in [3.05, 3.63) is 47.2 Å². The zero-order valence-electron chi connectivity index (χ0n) is 17.4. The van der Waals surface area contributed by atoms with E-state index in [4.69, 9.17) is 9.47 Å². The monoisotopic (exact) mass is 410 g/mol. The normalized spacial score (nSPS) is 32.0. The molecule has 7 heteroatoms. The van der Waals surface area contributed by atoms with Gasteiger partial charge in [0.25, 0.3) is 0 Å². The molecule has 0 saturated carbocycles. The second-order valence-corrected chi connectivity index (χ2v) is 8.76. The van der Waals surface area contributed by atoms with E-state index in [0.717, 1.165) is 36.5 Å². The number of benzene rings is 1. The van der Waals surface area contributed by atoms with E-state index in [1.165, 1.54) is 14.0 Å². The quantitative estimate of drug-likeness (QED) is 0.585. The SMILES string of the molecule is COC(=O)C1=C2Nc3cc(O)ccc3[C@@]23CCN2CC=C[C@@]([C@@H](C)OC(C)=O)(C1)[C@H]23. The first-order valence-electron chi connectivity index (χ1n) is 10.3. The number of phenolic OH excluding ortho intramolecular Hbond substituents is 1. The van der Waals surface area contributed by atoms with E-state index in [9.17, 15) is 14.7 Å². The summed E-state index contributed by atoms with van der Waals surface area (Å²) in [7, 11) is 1.39. The van der Waals surface area contributed by atoms with Crippen LogP contribution in [-0.2, 0) is 24.5 Å². The number of rotatable bonds is 3. The molecule has 1 aromatic carbocycles. The van der Waals surface area contributed by atoms with Gasteiger partial charge in [-0.1, -0.05) is 18.2 Å². The molecule has 0 unspecified atom stereocenters. The summed E-state index contributed by atoms with van der Waals surface area (Å²) in [5, 5.41) is 13.5. The molecular formula is C23H26N2O5. The largest absolute Gasteiger partial charge is 0.508 e. The lowest BCUT2D eigenvalue weighted by Crippen LogP contribution is -2.62. The maximum atomic E-state index is 12.9. The molecule has 0 aromatic heterocycles. The molecule has 1 spiro atoms. The molecule has 0 amide bonds. The third kappa shape index (κ3) is 2.29. The van der Waals surface area contributed by atoms with Gasteiger partial charge in [-0.05, 0) is 31.4 Å². The molecule has 158 valence electrons. The van der Waals surface area contributed by atoms with Gasteiger partial charge in [-0.2, -0.15) is 0 Å². The van der Waals surface area contributed by atoms with Crippen molar-refractivity contribution in [2.75, 3.05) is 25.5 Å². The van der Waals surface area contributed by atoms with Gasteiger partial charge in [0.05, 0.1) is 18.1 Å². The van der Waals surface area contributed by atoms with Crippen molar-refractivity contribution in [3.8, 4) is 5.75 Å². The van der Waals surface area contributed by atoms with Crippen molar-refractivity contribution in [1.82, 2.24) is 4.90 Å². The molecule has 0 bridgehead atoms. The fraction of sp³-hybridized carbons (Fsp3) is 0.478. The number of carbonyl (C=O) groups excluding carboxylic acids is 2. The Morgan fingerprint density at radius 2 is 2.17 bits per heavy atom. The Labute approximate surface area is 175 Å². The Balaban J connectivity index is 1.79. The molecule has 1 saturated heterocycles. The minimum atomic E-state index is -0.561. The van der Waals surface area contributed by atoms with Gasteiger partial charge in [0, 0.05) is 48.9 Å². The molecule has 30 heavy (non-hydrogen) atoms. The number of nitrogens with zero attached hydrogens (tertiary/aromatic N) is 1. The van der Waals surface area contributed by atoms with Crippen LogP contribution >= 0.6 is 0 Å². The Morgan fingerprint density at radius 1 is 1.37 bits per heavy atom. The summed E-state index contributed by atoms with van der Waals surface area (Å²) in [4.78, 5) is 27.3. The van der Waals surface area contributed by atoms with Crippen LogP contribution in [0.2, 0.25) is 0 Å². The van der Waals surface area contributed by atoms with E-state index in [1.54, 1.807) is 12.1 Å². The van der Waals surface area contributed by atoms with Gasteiger partial charge in [0.2, 0.25) is 0 Å². The van der Waals surface area contributed by atoms with Crippen LogP contribution in [0.25, 0.3) is 0 Å². The Hall–Kier alpha value is -2.80. The van der Waals surface area contributed by atoms with Crippen LogP contribution in [-0.4, -0.2) is 54.3 Å². The number of hydrogen-bond donors (Lipinski definition) is 2. The highest BCUT2D eigenvalue weighted by molar-refractivity contribution is 5.93. The lowest BCUT2D eigenvalue weighted by molar-refractivity contribution is -0.154. The van der Waals surface area contributed by atoms with Crippen molar-refractivity contribution in [3.63, 3.8) is 0 Å². The van der Waals surface area contributed by atoms with E-state index in [2.05, 4.69) is 22.4 Å². The average Bonchev–Trinajstić information content (AvgIpc) is 3.26. The van der Waals surface area contributed by atoms with E-state index in [-0.39, 0.29) is 23.7 Å². The average molecular weight is 410 g/mol. The molecule has 3 heterocycles. The summed E-state index contributed by atoms with van der Waals surface area (Å²) in [6, 6.07) is 5.38. The smallest absolute Gasteiger partial charge is 0.335 e. The number of fused-ring (bicyclic) bond motifs is 1. The van der Waals surface area contributed by atoms with E-state index in [0.29, 0.717) is 12.0 Å². The summed E-state index contributed by atoms with van der Waals surface area (Å²) in [5.74, 6) is -0.535. The molecule has 3 aliphatic heterocycles. The van der Waals surface area contributed by atoms with Crippen molar-refractivity contribution < 1.29 is 24.2 Å². The fourth-order valence-corrected chi connectivity index (χ4v) is 6.39. The maximum Gasteiger partial charge on any atom is 0.335 e. The highest BCUT2D eigenvalue weighted by Crippen LogP contribution is 2.64. The Bertz CT molecular complexity index is 1010. The summed E-state index contributed by atoms with van der Waals surface area (Å²) in [6.07, 6.45) is 5.09. The van der Waals surface area contributed by atoms with Gasteiger partial charge in [-0.15, -0.1) is 0 Å². The van der Waals surface area contributed by atoms with Crippen LogP contribution in [0, 0.1) is 5.41 Å². The first kappa shape index (κ1) is 19.2. The molecule has 5 rings (SSSR count). The highest BCUT2D eigenvalue weighted by atomic mass is 16.5. The number of phenols is 1. The molecule has 1 fully saturated rings. The van der Waals surface area contributed by atoms with Gasteiger partial charge in [0.15, 0.2) is 0 Å². The van der Waals surface area contributed by atoms with Crippen molar-refractivity contribution in [1.29, 1.82) is 0 Å². The lowest BCUT2D eigenvalue weighted by Gasteiger charge is -2.55. The molecule has 1 aliphatic carbocycles. The summed E-state index contributed by atoms with van der Waals surface area (Å²) in [6.45, 7) is 5.02. The van der Waals surface area contributed by atoms with Gasteiger partial charge in [0.1, 0.15) is 11.9 Å². The van der Waals surface area contributed by atoms with Gasteiger partial charge < -0.3 is 19.9 Å². The number of anilines is 1. The van der Waals surface area contributed by atoms with Crippen LogP contribution in [0.3, 0.4) is 0 Å². The molecule has 7 nitrogen and oxygen atoms in total. The minimum absolute atomic E-state index is 0.0195. The molecule has 4 atom stereocenters. The van der Waals surface area contributed by atoms with Gasteiger partial charge >= 0.3 is 11.9 Å². The summed E-state index contributed by atoms with van der Waals surface area (Å²) < 4.78 is 10.9. The number of nitrogens with one attached hydrogen (secondary N) is 1. The van der Waals surface area contributed by atoms with Crippen LogP contribution in [0.4, 0.5) is 5.69 Å². The van der Waals surface area contributed by atoms with Crippen LogP contribution in [0.5, 0.6) is 5.75 Å². The number of hydrogen-bond acceptors (Lipinski definition) is 7.